The molecule has 0 amide bonds. The molecule has 0 saturated heterocycles. The number of nitrogens with two attached hydrogens (primary N) is 1. The van der Waals surface area contributed by atoms with Crippen molar-refractivity contribution in [2.24, 2.45) is 5.73 Å². The number of hydrogen-bond donors (Lipinski definition) is 2. The highest BCUT2D eigenvalue weighted by Gasteiger charge is 2.01. The molecule has 2 heterocycles. The van der Waals surface area contributed by atoms with Gasteiger partial charge in [-0.1, -0.05) is 6.07 Å². The van der Waals surface area contributed by atoms with Crippen molar-refractivity contribution in [1.82, 2.24) is 9.97 Å². The van der Waals surface area contributed by atoms with Gasteiger partial charge in [0.25, 0.3) is 0 Å². The Balaban J connectivity index is 2.08. The smallest absolute Gasteiger partial charge is 0.129 e. The Morgan fingerprint density at radius 2 is 2.31 bits per heavy atom. The quantitative estimate of drug-likeness (QED) is 0.776. The van der Waals surface area contributed by atoms with E-state index in [1.54, 1.807) is 17.7 Å². The molecule has 2 aromatic heterocycles. The molecule has 0 saturated carbocycles. The normalized spacial score (nSPS) is 10.3. The van der Waals surface area contributed by atoms with Gasteiger partial charge >= 0.3 is 0 Å². The van der Waals surface area contributed by atoms with Crippen molar-refractivity contribution in [3.63, 3.8) is 0 Å². The lowest BCUT2D eigenvalue weighted by molar-refractivity contribution is 0.869. The Labute approximate surface area is 98.6 Å². The van der Waals surface area contributed by atoms with Crippen molar-refractivity contribution in [2.45, 2.75) is 6.42 Å². The van der Waals surface area contributed by atoms with Gasteiger partial charge in [0.05, 0.1) is 10.6 Å². The van der Waals surface area contributed by atoms with Gasteiger partial charge in [-0.25, -0.2) is 9.97 Å². The molecule has 16 heavy (non-hydrogen) atoms. The van der Waals surface area contributed by atoms with E-state index >= 15 is 0 Å². The number of aromatic nitrogens is 2. The van der Waals surface area contributed by atoms with Crippen molar-refractivity contribution in [3.8, 4) is 10.6 Å². The highest BCUT2D eigenvalue weighted by molar-refractivity contribution is 7.13. The monoisotopic (exact) mass is 234 g/mol. The topological polar surface area (TPSA) is 63.8 Å². The predicted molar refractivity (Wildman–Crippen MR) is 67.5 cm³/mol. The van der Waals surface area contributed by atoms with E-state index in [9.17, 15) is 0 Å². The summed E-state index contributed by atoms with van der Waals surface area (Å²) in [6.45, 7) is 1.53. The summed E-state index contributed by atoms with van der Waals surface area (Å²) in [6, 6.07) is 6.03. The highest BCUT2D eigenvalue weighted by Crippen LogP contribution is 2.23. The number of nitrogens with one attached hydrogen (secondary N) is 1. The van der Waals surface area contributed by atoms with E-state index in [1.165, 1.54) is 0 Å². The molecule has 4 nitrogen and oxygen atoms in total. The van der Waals surface area contributed by atoms with Gasteiger partial charge in [-0.05, 0) is 24.4 Å². The van der Waals surface area contributed by atoms with Crippen molar-refractivity contribution >= 4 is 17.2 Å². The van der Waals surface area contributed by atoms with Gasteiger partial charge in [0, 0.05) is 12.6 Å². The van der Waals surface area contributed by atoms with Gasteiger partial charge in [0.15, 0.2) is 0 Å². The molecule has 0 radical (unpaired) electrons. The van der Waals surface area contributed by atoms with Gasteiger partial charge in [-0.15, -0.1) is 11.3 Å². The fraction of sp³-hybridized carbons (Fsp3) is 0.273. The Kier molecular flexibility index (Phi) is 3.85. The summed E-state index contributed by atoms with van der Waals surface area (Å²) in [6.07, 6.45) is 2.53. The van der Waals surface area contributed by atoms with Crippen LogP contribution in [0.3, 0.4) is 0 Å². The van der Waals surface area contributed by atoms with E-state index in [0.717, 1.165) is 29.4 Å². The van der Waals surface area contributed by atoms with Crippen LogP contribution in [-0.4, -0.2) is 23.1 Å². The molecule has 2 aromatic rings. The SMILES string of the molecule is NCCCNc1cc(-c2cccs2)ncn1. The Morgan fingerprint density at radius 1 is 1.38 bits per heavy atom. The van der Waals surface area contributed by atoms with Gasteiger partial charge in [-0.3, -0.25) is 0 Å². The summed E-state index contributed by atoms with van der Waals surface area (Å²) in [5.74, 6) is 0.854. The van der Waals surface area contributed by atoms with Crippen molar-refractivity contribution in [2.75, 3.05) is 18.4 Å². The standard InChI is InChI=1S/C11H14N4S/c12-4-2-5-13-11-7-9(14-8-15-11)10-3-1-6-16-10/h1,3,6-8H,2,4-5,12H2,(H,13,14,15). The number of anilines is 1. The van der Waals surface area contributed by atoms with Gasteiger partial charge in [0.1, 0.15) is 12.1 Å². The Morgan fingerprint density at radius 3 is 3.06 bits per heavy atom. The Bertz CT molecular complexity index is 427. The van der Waals surface area contributed by atoms with Crippen molar-refractivity contribution in [1.29, 1.82) is 0 Å². The molecule has 0 aliphatic heterocycles. The lowest BCUT2D eigenvalue weighted by Gasteiger charge is -2.04. The summed E-state index contributed by atoms with van der Waals surface area (Å²) in [5, 5.41) is 5.26. The third-order valence-corrected chi connectivity index (χ3v) is 3.02. The second-order valence-electron chi connectivity index (χ2n) is 3.33. The minimum absolute atomic E-state index is 0.690. The largest absolute Gasteiger partial charge is 0.370 e. The number of thiophene rings is 1. The molecule has 0 unspecified atom stereocenters. The zero-order valence-corrected chi connectivity index (χ0v) is 9.70. The van der Waals surface area contributed by atoms with E-state index in [4.69, 9.17) is 5.73 Å². The third kappa shape index (κ3) is 2.77. The molecule has 0 aliphatic carbocycles. The molecule has 0 spiro atoms. The molecule has 0 aromatic carbocycles. The molecule has 0 aliphatic rings. The minimum Gasteiger partial charge on any atom is -0.370 e. The van der Waals surface area contributed by atoms with Gasteiger partial charge in [0.2, 0.25) is 0 Å². The highest BCUT2D eigenvalue weighted by atomic mass is 32.1. The summed E-state index contributed by atoms with van der Waals surface area (Å²) in [7, 11) is 0. The second-order valence-corrected chi connectivity index (χ2v) is 4.28. The molecule has 84 valence electrons. The summed E-state index contributed by atoms with van der Waals surface area (Å²) >= 11 is 1.68. The molecule has 3 N–H and O–H groups in total. The summed E-state index contributed by atoms with van der Waals surface area (Å²) < 4.78 is 0. The van der Waals surface area contributed by atoms with Crippen LogP contribution in [0.2, 0.25) is 0 Å². The maximum Gasteiger partial charge on any atom is 0.129 e. The molecule has 0 bridgehead atoms. The lowest BCUT2D eigenvalue weighted by Crippen LogP contribution is -2.09. The van der Waals surface area contributed by atoms with Crippen LogP contribution in [0.5, 0.6) is 0 Å². The molecular formula is C11H14N4S. The number of hydrogen-bond acceptors (Lipinski definition) is 5. The average molecular weight is 234 g/mol. The van der Waals surface area contributed by atoms with Crippen molar-refractivity contribution < 1.29 is 0 Å². The predicted octanol–water partition coefficient (Wildman–Crippen LogP) is 1.97. The van der Waals surface area contributed by atoms with Gasteiger partial charge in [-0.2, -0.15) is 0 Å². The lowest BCUT2D eigenvalue weighted by atomic mass is 10.3. The van der Waals surface area contributed by atoms with E-state index in [1.807, 2.05) is 17.5 Å². The van der Waals surface area contributed by atoms with Crippen LogP contribution >= 0.6 is 11.3 Å². The first kappa shape index (κ1) is 11.0. The Hall–Kier alpha value is -1.46. The average Bonchev–Trinajstić information content (AvgIpc) is 2.83. The van der Waals surface area contributed by atoms with Crippen LogP contribution in [0.15, 0.2) is 29.9 Å². The van der Waals surface area contributed by atoms with Crippen LogP contribution in [0.1, 0.15) is 6.42 Å². The molecule has 0 fully saturated rings. The molecule has 2 rings (SSSR count). The zero-order chi connectivity index (χ0) is 11.2. The fourth-order valence-electron chi connectivity index (χ4n) is 1.33. The minimum atomic E-state index is 0.690. The first-order valence-corrected chi connectivity index (χ1v) is 6.08. The van der Waals surface area contributed by atoms with E-state index in [2.05, 4.69) is 21.4 Å². The van der Waals surface area contributed by atoms with Crippen molar-refractivity contribution in [3.05, 3.63) is 29.9 Å². The molecular weight excluding hydrogens is 220 g/mol. The zero-order valence-electron chi connectivity index (χ0n) is 8.89. The van der Waals surface area contributed by atoms with E-state index in [0.29, 0.717) is 6.54 Å². The number of rotatable bonds is 5. The first-order chi connectivity index (χ1) is 7.90. The van der Waals surface area contributed by atoms with Crippen LogP contribution in [0.4, 0.5) is 5.82 Å². The summed E-state index contributed by atoms with van der Waals surface area (Å²) in [5.41, 5.74) is 6.39. The van der Waals surface area contributed by atoms with E-state index in [-0.39, 0.29) is 0 Å². The maximum absolute atomic E-state index is 5.43. The van der Waals surface area contributed by atoms with Crippen LogP contribution in [0.25, 0.3) is 10.6 Å². The second kappa shape index (κ2) is 5.58. The maximum atomic E-state index is 5.43. The fourth-order valence-corrected chi connectivity index (χ4v) is 2.02. The summed E-state index contributed by atoms with van der Waals surface area (Å²) in [4.78, 5) is 9.56. The van der Waals surface area contributed by atoms with Crippen LogP contribution < -0.4 is 11.1 Å². The number of nitrogens with zero attached hydrogens (tertiary/aromatic N) is 2. The third-order valence-electron chi connectivity index (χ3n) is 2.13. The van der Waals surface area contributed by atoms with E-state index < -0.39 is 0 Å². The molecule has 5 heteroatoms. The van der Waals surface area contributed by atoms with Crippen LogP contribution in [-0.2, 0) is 0 Å². The van der Waals surface area contributed by atoms with Gasteiger partial charge < -0.3 is 11.1 Å². The van der Waals surface area contributed by atoms with Crippen LogP contribution in [0, 0.1) is 0 Å². The molecule has 0 atom stereocenters. The first-order valence-electron chi connectivity index (χ1n) is 5.20.